The fraction of sp³-hybridized carbons (Fsp3) is 0.318. The van der Waals surface area contributed by atoms with Crippen LogP contribution in [0.15, 0.2) is 59.9 Å². The minimum atomic E-state index is 0.606. The number of para-hydroxylation sites is 1. The predicted octanol–water partition coefficient (Wildman–Crippen LogP) is 3.31. The van der Waals surface area contributed by atoms with Crippen LogP contribution in [0.4, 0.5) is 0 Å². The van der Waals surface area contributed by atoms with Gasteiger partial charge in [0.05, 0.1) is 0 Å². The van der Waals surface area contributed by atoms with Crippen molar-refractivity contribution in [2.45, 2.75) is 33.4 Å². The van der Waals surface area contributed by atoms with Gasteiger partial charge in [-0.3, -0.25) is 4.99 Å². The molecule has 1 heterocycles. The van der Waals surface area contributed by atoms with Crippen LogP contribution in [0.1, 0.15) is 23.9 Å². The molecule has 1 aromatic heterocycles. The molecule has 0 radical (unpaired) electrons. The molecule has 7 heteroatoms. The van der Waals surface area contributed by atoms with Crippen molar-refractivity contribution in [1.82, 2.24) is 25.4 Å². The zero-order valence-electron chi connectivity index (χ0n) is 17.2. The number of aliphatic imine (C=N–C) groups is 1. The Hall–Kier alpha value is -3.35. The minimum Gasteiger partial charge on any atom is -0.457 e. The summed E-state index contributed by atoms with van der Waals surface area (Å²) in [6.45, 7) is 6.24. The van der Waals surface area contributed by atoms with Crippen LogP contribution >= 0.6 is 0 Å². The lowest BCUT2D eigenvalue weighted by Crippen LogP contribution is -2.38. The van der Waals surface area contributed by atoms with Crippen molar-refractivity contribution in [1.29, 1.82) is 0 Å². The third-order valence-electron chi connectivity index (χ3n) is 4.52. The Morgan fingerprint density at radius 3 is 2.79 bits per heavy atom. The molecule has 7 nitrogen and oxygen atoms in total. The maximum absolute atomic E-state index is 6.09. The molecule has 0 saturated heterocycles. The van der Waals surface area contributed by atoms with Gasteiger partial charge < -0.3 is 19.9 Å². The molecule has 2 aromatic carbocycles. The van der Waals surface area contributed by atoms with Gasteiger partial charge in [-0.1, -0.05) is 37.3 Å². The molecule has 0 fully saturated rings. The highest BCUT2D eigenvalue weighted by Crippen LogP contribution is 2.25. The molecule has 0 spiro atoms. The SMILES string of the molecule is CCc1nncn1CCNC(=NC)NCc1ccccc1Oc1cccc(C)c1. The van der Waals surface area contributed by atoms with Gasteiger partial charge in [-0.2, -0.15) is 0 Å². The number of rotatable bonds is 8. The number of nitrogens with one attached hydrogen (secondary N) is 2. The zero-order chi connectivity index (χ0) is 20.5. The standard InChI is InChI=1S/C22H28N6O/c1-4-21-27-26-16-28(21)13-12-24-22(23-3)25-15-18-9-5-6-11-20(18)29-19-10-7-8-17(2)14-19/h5-11,14,16H,4,12-13,15H2,1-3H3,(H2,23,24,25). The van der Waals surface area contributed by atoms with Crippen molar-refractivity contribution in [3.8, 4) is 11.5 Å². The van der Waals surface area contributed by atoms with Gasteiger partial charge in [0.25, 0.3) is 0 Å². The summed E-state index contributed by atoms with van der Waals surface area (Å²) in [6, 6.07) is 16.1. The normalized spacial score (nSPS) is 11.3. The second-order valence-corrected chi connectivity index (χ2v) is 6.67. The highest BCUT2D eigenvalue weighted by atomic mass is 16.5. The summed E-state index contributed by atoms with van der Waals surface area (Å²) in [6.07, 6.45) is 2.63. The van der Waals surface area contributed by atoms with Crippen LogP contribution < -0.4 is 15.4 Å². The molecule has 0 amide bonds. The molecule has 3 rings (SSSR count). The number of aryl methyl sites for hydroxylation is 2. The molecule has 3 aromatic rings. The molecular formula is C22H28N6O. The number of guanidine groups is 1. The highest BCUT2D eigenvalue weighted by Gasteiger charge is 2.07. The van der Waals surface area contributed by atoms with Crippen LogP contribution in [0.2, 0.25) is 0 Å². The van der Waals surface area contributed by atoms with Gasteiger partial charge in [0.15, 0.2) is 5.96 Å². The van der Waals surface area contributed by atoms with Crippen LogP contribution in [0.5, 0.6) is 11.5 Å². The summed E-state index contributed by atoms with van der Waals surface area (Å²) in [5.41, 5.74) is 2.23. The van der Waals surface area contributed by atoms with Crippen molar-refractivity contribution in [2.24, 2.45) is 4.99 Å². The van der Waals surface area contributed by atoms with E-state index in [4.69, 9.17) is 4.74 Å². The Labute approximate surface area is 171 Å². The van der Waals surface area contributed by atoms with E-state index in [0.29, 0.717) is 6.54 Å². The van der Waals surface area contributed by atoms with E-state index in [9.17, 15) is 0 Å². The number of hydrogen-bond donors (Lipinski definition) is 2. The highest BCUT2D eigenvalue weighted by molar-refractivity contribution is 5.79. The minimum absolute atomic E-state index is 0.606. The van der Waals surface area contributed by atoms with Gasteiger partial charge >= 0.3 is 0 Å². The smallest absolute Gasteiger partial charge is 0.191 e. The molecule has 0 aliphatic rings. The van der Waals surface area contributed by atoms with Crippen LogP contribution in [-0.2, 0) is 19.5 Å². The maximum Gasteiger partial charge on any atom is 0.191 e. The van der Waals surface area contributed by atoms with Gasteiger partial charge in [-0.05, 0) is 30.7 Å². The number of nitrogens with zero attached hydrogens (tertiary/aromatic N) is 4. The van der Waals surface area contributed by atoms with Crippen molar-refractivity contribution < 1.29 is 4.74 Å². The second kappa shape index (κ2) is 10.3. The number of ether oxygens (including phenoxy) is 1. The Bertz CT molecular complexity index is 950. The molecular weight excluding hydrogens is 364 g/mol. The van der Waals surface area contributed by atoms with Crippen molar-refractivity contribution in [3.05, 3.63) is 71.8 Å². The van der Waals surface area contributed by atoms with Gasteiger partial charge in [0, 0.05) is 38.7 Å². The first-order chi connectivity index (χ1) is 14.2. The van der Waals surface area contributed by atoms with Gasteiger partial charge in [0.1, 0.15) is 23.7 Å². The topological polar surface area (TPSA) is 76.4 Å². The average molecular weight is 393 g/mol. The molecule has 152 valence electrons. The Balaban J connectivity index is 1.55. The first kappa shape index (κ1) is 20.4. The van der Waals surface area contributed by atoms with E-state index >= 15 is 0 Å². The second-order valence-electron chi connectivity index (χ2n) is 6.67. The molecule has 29 heavy (non-hydrogen) atoms. The van der Waals surface area contributed by atoms with Crippen LogP contribution in [0.25, 0.3) is 0 Å². The van der Waals surface area contributed by atoms with Crippen molar-refractivity contribution >= 4 is 5.96 Å². The number of benzene rings is 2. The van der Waals surface area contributed by atoms with E-state index < -0.39 is 0 Å². The Morgan fingerprint density at radius 1 is 1.14 bits per heavy atom. The summed E-state index contributed by atoms with van der Waals surface area (Å²) >= 11 is 0. The van der Waals surface area contributed by atoms with Gasteiger partial charge in [0.2, 0.25) is 0 Å². The monoisotopic (exact) mass is 392 g/mol. The molecule has 0 aliphatic carbocycles. The number of hydrogen-bond acceptors (Lipinski definition) is 4. The summed E-state index contributed by atoms with van der Waals surface area (Å²) < 4.78 is 8.14. The first-order valence-corrected chi connectivity index (χ1v) is 9.83. The molecule has 0 saturated carbocycles. The maximum atomic E-state index is 6.09. The molecule has 0 unspecified atom stereocenters. The van der Waals surface area contributed by atoms with Gasteiger partial charge in [-0.25, -0.2) is 0 Å². The van der Waals surface area contributed by atoms with E-state index in [1.807, 2.05) is 41.0 Å². The lowest BCUT2D eigenvalue weighted by molar-refractivity contribution is 0.474. The van der Waals surface area contributed by atoms with E-state index in [-0.39, 0.29) is 0 Å². The lowest BCUT2D eigenvalue weighted by Gasteiger charge is -2.15. The van der Waals surface area contributed by atoms with E-state index in [2.05, 4.69) is 51.8 Å². The zero-order valence-corrected chi connectivity index (χ0v) is 17.2. The van der Waals surface area contributed by atoms with E-state index in [1.165, 1.54) is 5.56 Å². The van der Waals surface area contributed by atoms with Crippen molar-refractivity contribution in [2.75, 3.05) is 13.6 Å². The molecule has 0 bridgehead atoms. The fourth-order valence-electron chi connectivity index (χ4n) is 2.99. The van der Waals surface area contributed by atoms with Gasteiger partial charge in [-0.15, -0.1) is 10.2 Å². The third-order valence-corrected chi connectivity index (χ3v) is 4.52. The first-order valence-electron chi connectivity index (χ1n) is 9.83. The fourth-order valence-corrected chi connectivity index (χ4v) is 2.99. The Morgan fingerprint density at radius 2 is 2.00 bits per heavy atom. The van der Waals surface area contributed by atoms with Crippen LogP contribution in [-0.4, -0.2) is 34.3 Å². The van der Waals surface area contributed by atoms with E-state index in [1.54, 1.807) is 13.4 Å². The molecule has 0 atom stereocenters. The lowest BCUT2D eigenvalue weighted by atomic mass is 10.2. The van der Waals surface area contributed by atoms with Crippen LogP contribution in [0, 0.1) is 6.92 Å². The van der Waals surface area contributed by atoms with Crippen LogP contribution in [0.3, 0.4) is 0 Å². The van der Waals surface area contributed by atoms with Crippen molar-refractivity contribution in [3.63, 3.8) is 0 Å². The summed E-state index contributed by atoms with van der Waals surface area (Å²) in [5.74, 6) is 3.39. The predicted molar refractivity (Wildman–Crippen MR) is 115 cm³/mol. The largest absolute Gasteiger partial charge is 0.457 e. The third kappa shape index (κ3) is 5.81. The molecule has 2 N–H and O–H groups in total. The Kier molecular flexibility index (Phi) is 7.22. The summed E-state index contributed by atoms with van der Waals surface area (Å²) in [4.78, 5) is 4.30. The molecule has 0 aliphatic heterocycles. The summed E-state index contributed by atoms with van der Waals surface area (Å²) in [5, 5.41) is 14.7. The van der Waals surface area contributed by atoms with E-state index in [0.717, 1.165) is 48.4 Å². The summed E-state index contributed by atoms with van der Waals surface area (Å²) in [7, 11) is 1.76. The average Bonchev–Trinajstić information content (AvgIpc) is 3.19. The quantitative estimate of drug-likeness (QED) is 0.454. The number of aromatic nitrogens is 3.